The summed E-state index contributed by atoms with van der Waals surface area (Å²) in [5, 5.41) is 8.43. The maximum atomic E-state index is 5.78. The molecule has 1 aromatic carbocycles. The van der Waals surface area contributed by atoms with Gasteiger partial charge in [0, 0.05) is 26.1 Å². The van der Waals surface area contributed by atoms with Crippen molar-refractivity contribution in [2.75, 3.05) is 13.2 Å². The predicted octanol–water partition coefficient (Wildman–Crippen LogP) is 2.37. The van der Waals surface area contributed by atoms with E-state index in [4.69, 9.17) is 15.2 Å². The summed E-state index contributed by atoms with van der Waals surface area (Å²) in [6.07, 6.45) is 3.04. The van der Waals surface area contributed by atoms with Crippen LogP contribution < -0.4 is 10.5 Å². The zero-order valence-electron chi connectivity index (χ0n) is 13.6. The van der Waals surface area contributed by atoms with Crippen molar-refractivity contribution in [3.05, 3.63) is 41.2 Å². The Balaban J connectivity index is 1.55. The lowest BCUT2D eigenvalue weighted by atomic mass is 10.1. The molecule has 1 aromatic heterocycles. The first kappa shape index (κ1) is 16.0. The van der Waals surface area contributed by atoms with Crippen LogP contribution in [0.4, 0.5) is 0 Å². The normalized spacial score (nSPS) is 17.6. The fourth-order valence-electron chi connectivity index (χ4n) is 2.85. The van der Waals surface area contributed by atoms with Crippen LogP contribution in [0.3, 0.4) is 0 Å². The van der Waals surface area contributed by atoms with Gasteiger partial charge >= 0.3 is 0 Å². The first-order valence-corrected chi connectivity index (χ1v) is 8.21. The van der Waals surface area contributed by atoms with Crippen LogP contribution in [0.1, 0.15) is 42.3 Å². The Morgan fingerprint density at radius 1 is 1.35 bits per heavy atom. The summed E-state index contributed by atoms with van der Waals surface area (Å²) in [4.78, 5) is 0. The number of aryl methyl sites for hydroxylation is 2. The van der Waals surface area contributed by atoms with Crippen LogP contribution in [0.2, 0.25) is 0 Å². The van der Waals surface area contributed by atoms with E-state index in [0.717, 1.165) is 49.6 Å². The molecule has 124 valence electrons. The van der Waals surface area contributed by atoms with Crippen LogP contribution in [-0.4, -0.2) is 28.2 Å². The van der Waals surface area contributed by atoms with E-state index in [9.17, 15) is 0 Å². The molecule has 6 nitrogen and oxygen atoms in total. The third kappa shape index (κ3) is 3.89. The molecule has 1 fully saturated rings. The third-order valence-corrected chi connectivity index (χ3v) is 4.08. The number of aromatic nitrogens is 3. The van der Waals surface area contributed by atoms with Crippen molar-refractivity contribution in [2.24, 2.45) is 5.73 Å². The second-order valence-corrected chi connectivity index (χ2v) is 5.87. The van der Waals surface area contributed by atoms with Crippen LogP contribution in [0.15, 0.2) is 24.3 Å². The number of nitrogens with two attached hydrogens (primary N) is 1. The molecule has 2 heterocycles. The maximum absolute atomic E-state index is 5.78. The van der Waals surface area contributed by atoms with Gasteiger partial charge in [0.1, 0.15) is 17.5 Å². The lowest BCUT2D eigenvalue weighted by Gasteiger charge is -2.13. The van der Waals surface area contributed by atoms with E-state index in [1.54, 1.807) is 0 Å². The lowest BCUT2D eigenvalue weighted by molar-refractivity contribution is 0.103. The second-order valence-electron chi connectivity index (χ2n) is 5.87. The van der Waals surface area contributed by atoms with Crippen molar-refractivity contribution in [3.8, 4) is 5.75 Å². The van der Waals surface area contributed by atoms with Gasteiger partial charge in [-0.25, -0.2) is 4.68 Å². The van der Waals surface area contributed by atoms with Gasteiger partial charge in [-0.05, 0) is 31.9 Å². The SMILES string of the molecule is Cc1ccc(OCCCn2nnc(CN)c2C2CCCO2)cc1. The summed E-state index contributed by atoms with van der Waals surface area (Å²) in [5.41, 5.74) is 8.90. The van der Waals surface area contributed by atoms with Gasteiger partial charge in [-0.3, -0.25) is 0 Å². The molecular formula is C17H24N4O2. The third-order valence-electron chi connectivity index (χ3n) is 4.08. The van der Waals surface area contributed by atoms with Crippen molar-refractivity contribution in [2.45, 2.75) is 45.4 Å². The minimum absolute atomic E-state index is 0.0848. The van der Waals surface area contributed by atoms with E-state index in [-0.39, 0.29) is 6.10 Å². The van der Waals surface area contributed by atoms with E-state index in [2.05, 4.69) is 29.4 Å². The molecule has 3 rings (SSSR count). The van der Waals surface area contributed by atoms with Crippen molar-refractivity contribution < 1.29 is 9.47 Å². The van der Waals surface area contributed by atoms with Gasteiger partial charge in [-0.1, -0.05) is 22.9 Å². The van der Waals surface area contributed by atoms with Gasteiger partial charge in [0.05, 0.1) is 12.3 Å². The van der Waals surface area contributed by atoms with Crippen molar-refractivity contribution in [3.63, 3.8) is 0 Å². The molecule has 1 aliphatic heterocycles. The summed E-state index contributed by atoms with van der Waals surface area (Å²) in [7, 11) is 0. The Bertz CT molecular complexity index is 618. The molecule has 2 N–H and O–H groups in total. The molecule has 23 heavy (non-hydrogen) atoms. The van der Waals surface area contributed by atoms with E-state index in [0.29, 0.717) is 13.2 Å². The first-order valence-electron chi connectivity index (χ1n) is 8.21. The highest BCUT2D eigenvalue weighted by Crippen LogP contribution is 2.30. The van der Waals surface area contributed by atoms with Crippen molar-refractivity contribution in [1.82, 2.24) is 15.0 Å². The quantitative estimate of drug-likeness (QED) is 0.794. The topological polar surface area (TPSA) is 75.2 Å². The van der Waals surface area contributed by atoms with Crippen LogP contribution in [0.5, 0.6) is 5.75 Å². The van der Waals surface area contributed by atoms with E-state index >= 15 is 0 Å². The van der Waals surface area contributed by atoms with Crippen molar-refractivity contribution >= 4 is 0 Å². The molecule has 1 atom stereocenters. The van der Waals surface area contributed by atoms with Crippen LogP contribution in [0, 0.1) is 6.92 Å². The maximum Gasteiger partial charge on any atom is 0.119 e. The zero-order chi connectivity index (χ0) is 16.1. The van der Waals surface area contributed by atoms with E-state index in [1.807, 2.05) is 16.8 Å². The minimum atomic E-state index is 0.0848. The van der Waals surface area contributed by atoms with Crippen LogP contribution in [-0.2, 0) is 17.8 Å². The molecule has 1 unspecified atom stereocenters. The van der Waals surface area contributed by atoms with Crippen LogP contribution >= 0.6 is 0 Å². The smallest absolute Gasteiger partial charge is 0.119 e. The molecule has 0 amide bonds. The Hall–Kier alpha value is -1.92. The van der Waals surface area contributed by atoms with Gasteiger partial charge in [0.2, 0.25) is 0 Å². The average molecular weight is 316 g/mol. The Labute approximate surface area is 136 Å². The second kappa shape index (κ2) is 7.57. The number of hydrogen-bond donors (Lipinski definition) is 1. The van der Waals surface area contributed by atoms with E-state index < -0.39 is 0 Å². The molecule has 0 saturated carbocycles. The highest BCUT2D eigenvalue weighted by Gasteiger charge is 2.25. The molecule has 0 radical (unpaired) electrons. The largest absolute Gasteiger partial charge is 0.494 e. The number of hydrogen-bond acceptors (Lipinski definition) is 5. The summed E-state index contributed by atoms with van der Waals surface area (Å²) in [5.74, 6) is 0.899. The van der Waals surface area contributed by atoms with Gasteiger partial charge in [-0.2, -0.15) is 0 Å². The fraction of sp³-hybridized carbons (Fsp3) is 0.529. The van der Waals surface area contributed by atoms with Gasteiger partial charge < -0.3 is 15.2 Å². The predicted molar refractivity (Wildman–Crippen MR) is 87.1 cm³/mol. The molecule has 1 saturated heterocycles. The zero-order valence-corrected chi connectivity index (χ0v) is 13.6. The molecule has 0 spiro atoms. The molecule has 0 bridgehead atoms. The highest BCUT2D eigenvalue weighted by atomic mass is 16.5. The summed E-state index contributed by atoms with van der Waals surface area (Å²) in [6, 6.07) is 8.09. The van der Waals surface area contributed by atoms with E-state index in [1.165, 1.54) is 5.56 Å². The fourth-order valence-corrected chi connectivity index (χ4v) is 2.85. The standard InChI is InChI=1S/C17H24N4O2/c1-13-5-7-14(8-6-13)22-11-3-9-21-17(15(12-18)19-20-21)16-4-2-10-23-16/h5-8,16H,2-4,9-12,18H2,1H3. The Morgan fingerprint density at radius 2 is 2.17 bits per heavy atom. The number of rotatable bonds is 7. The molecule has 1 aliphatic rings. The molecule has 6 heteroatoms. The van der Waals surface area contributed by atoms with Gasteiger partial charge in [0.25, 0.3) is 0 Å². The van der Waals surface area contributed by atoms with Gasteiger partial charge in [-0.15, -0.1) is 5.10 Å². The monoisotopic (exact) mass is 316 g/mol. The average Bonchev–Trinajstić information content (AvgIpc) is 3.22. The first-order chi connectivity index (χ1) is 11.3. The minimum Gasteiger partial charge on any atom is -0.494 e. The number of benzene rings is 1. The van der Waals surface area contributed by atoms with Crippen molar-refractivity contribution in [1.29, 1.82) is 0 Å². The lowest BCUT2D eigenvalue weighted by Crippen LogP contribution is -2.13. The summed E-state index contributed by atoms with van der Waals surface area (Å²) < 4.78 is 13.5. The van der Waals surface area contributed by atoms with Gasteiger partial charge in [0.15, 0.2) is 0 Å². The number of ether oxygens (including phenoxy) is 2. The van der Waals surface area contributed by atoms with Crippen LogP contribution in [0.25, 0.3) is 0 Å². The molecule has 0 aliphatic carbocycles. The molecule has 2 aromatic rings. The Morgan fingerprint density at radius 3 is 2.87 bits per heavy atom. The highest BCUT2D eigenvalue weighted by molar-refractivity contribution is 5.26. The summed E-state index contributed by atoms with van der Waals surface area (Å²) >= 11 is 0. The number of nitrogens with zero attached hydrogens (tertiary/aromatic N) is 3. The Kier molecular flexibility index (Phi) is 5.25. The molecular weight excluding hydrogens is 292 g/mol. The summed E-state index contributed by atoms with van der Waals surface area (Å²) in [6.45, 7) is 4.67.